The van der Waals surface area contributed by atoms with Gasteiger partial charge in [-0.1, -0.05) is 30.1 Å². The number of anilines is 2. The van der Waals surface area contributed by atoms with E-state index in [-0.39, 0.29) is 24.4 Å². The van der Waals surface area contributed by atoms with Crippen LogP contribution in [0.2, 0.25) is 10.0 Å². The lowest BCUT2D eigenvalue weighted by molar-refractivity contribution is 0.226. The van der Waals surface area contributed by atoms with Gasteiger partial charge in [-0.3, -0.25) is 0 Å². The number of rotatable bonds is 4. The normalized spacial score (nSPS) is 14.6. The second-order valence-corrected chi connectivity index (χ2v) is 4.59. The van der Waals surface area contributed by atoms with Crippen LogP contribution in [-0.2, 0) is 0 Å². The van der Waals surface area contributed by atoms with E-state index in [4.69, 9.17) is 34.0 Å². The van der Waals surface area contributed by atoms with E-state index in [1.165, 1.54) is 0 Å². The smallest absolute Gasteiger partial charge is 0.147 e. The number of pyridine rings is 1. The first kappa shape index (κ1) is 13.4. The lowest BCUT2D eigenvalue weighted by Gasteiger charge is -2.20. The number of nitrogens with one attached hydrogen (secondary N) is 1. The van der Waals surface area contributed by atoms with Crippen molar-refractivity contribution in [1.29, 1.82) is 0 Å². The van der Waals surface area contributed by atoms with Crippen LogP contribution in [0.4, 0.5) is 11.6 Å². The monoisotopic (exact) mass is 263 g/mol. The predicted molar refractivity (Wildman–Crippen MR) is 68.0 cm³/mol. The Morgan fingerprint density at radius 3 is 2.62 bits per heavy atom. The summed E-state index contributed by atoms with van der Waals surface area (Å²) in [5.74, 6) is 0.809. The van der Waals surface area contributed by atoms with E-state index in [1.807, 2.05) is 13.8 Å². The Kier molecular flexibility index (Phi) is 4.65. The largest absolute Gasteiger partial charge is 0.396 e. The maximum Gasteiger partial charge on any atom is 0.147 e. The topological polar surface area (TPSA) is 71.2 Å². The maximum absolute atomic E-state index is 9.01. The van der Waals surface area contributed by atoms with E-state index >= 15 is 0 Å². The highest BCUT2D eigenvalue weighted by molar-refractivity contribution is 6.37. The van der Waals surface area contributed by atoms with Gasteiger partial charge in [-0.2, -0.15) is 0 Å². The molecular weight excluding hydrogens is 249 g/mol. The van der Waals surface area contributed by atoms with Crippen LogP contribution in [0.25, 0.3) is 0 Å². The molecule has 6 heteroatoms. The molecule has 4 N–H and O–H groups in total. The number of hydrogen-bond acceptors (Lipinski definition) is 4. The fraction of sp³-hybridized carbons (Fsp3) is 0.500. The highest BCUT2D eigenvalue weighted by atomic mass is 35.5. The van der Waals surface area contributed by atoms with Gasteiger partial charge in [0.25, 0.3) is 0 Å². The van der Waals surface area contributed by atoms with Crippen molar-refractivity contribution in [3.05, 3.63) is 16.1 Å². The summed E-state index contributed by atoms with van der Waals surface area (Å²) < 4.78 is 0. The Morgan fingerprint density at radius 2 is 2.06 bits per heavy atom. The number of nitrogens with two attached hydrogens (primary N) is 1. The van der Waals surface area contributed by atoms with Gasteiger partial charge in [0, 0.05) is 12.6 Å². The van der Waals surface area contributed by atoms with Gasteiger partial charge >= 0.3 is 0 Å². The Labute approximate surface area is 105 Å². The minimum absolute atomic E-state index is 0.0376. The summed E-state index contributed by atoms with van der Waals surface area (Å²) in [5.41, 5.74) is 5.58. The molecule has 0 spiro atoms. The van der Waals surface area contributed by atoms with Crippen molar-refractivity contribution in [3.63, 3.8) is 0 Å². The quantitative estimate of drug-likeness (QED) is 0.780. The molecule has 0 aromatic carbocycles. The van der Waals surface area contributed by atoms with Crippen LogP contribution in [0, 0.1) is 5.92 Å². The summed E-state index contributed by atoms with van der Waals surface area (Å²) in [6, 6.07) is 1.58. The Hall–Kier alpha value is -0.710. The number of aliphatic hydroxyl groups excluding tert-OH is 1. The third kappa shape index (κ3) is 3.14. The molecule has 2 unspecified atom stereocenters. The van der Waals surface area contributed by atoms with Crippen molar-refractivity contribution in [1.82, 2.24) is 4.98 Å². The van der Waals surface area contributed by atoms with E-state index in [0.717, 1.165) is 0 Å². The summed E-state index contributed by atoms with van der Waals surface area (Å²) in [7, 11) is 0. The molecular formula is C10H15Cl2N3O. The van der Waals surface area contributed by atoms with Crippen molar-refractivity contribution in [2.45, 2.75) is 19.9 Å². The van der Waals surface area contributed by atoms with Crippen LogP contribution in [-0.4, -0.2) is 22.7 Å². The minimum atomic E-state index is 0.0376. The van der Waals surface area contributed by atoms with Crippen LogP contribution in [0.5, 0.6) is 0 Å². The lowest BCUT2D eigenvalue weighted by atomic mass is 10.1. The average molecular weight is 264 g/mol. The Bertz CT molecular complexity index is 373. The molecule has 4 nitrogen and oxygen atoms in total. The molecule has 0 aliphatic heterocycles. The van der Waals surface area contributed by atoms with Gasteiger partial charge in [-0.05, 0) is 18.9 Å². The zero-order chi connectivity index (χ0) is 12.3. The molecule has 90 valence electrons. The molecule has 1 aromatic heterocycles. The maximum atomic E-state index is 9.01. The minimum Gasteiger partial charge on any atom is -0.396 e. The molecule has 0 radical (unpaired) electrons. The van der Waals surface area contributed by atoms with Crippen molar-refractivity contribution >= 4 is 34.8 Å². The predicted octanol–water partition coefficient (Wildman–Crippen LogP) is 2.40. The SMILES string of the molecule is CC(CO)C(C)Nc1nc(N)c(Cl)cc1Cl. The van der Waals surface area contributed by atoms with Gasteiger partial charge in [0.05, 0.1) is 10.0 Å². The first-order valence-corrected chi connectivity index (χ1v) is 5.70. The Balaban J connectivity index is 2.85. The second kappa shape index (κ2) is 5.57. The van der Waals surface area contributed by atoms with Crippen LogP contribution in [0.3, 0.4) is 0 Å². The molecule has 0 saturated heterocycles. The summed E-state index contributed by atoms with van der Waals surface area (Å²) in [5, 5.41) is 12.8. The number of nitrogen functional groups attached to an aromatic ring is 1. The fourth-order valence-corrected chi connectivity index (χ4v) is 1.51. The first-order chi connectivity index (χ1) is 7.45. The molecule has 16 heavy (non-hydrogen) atoms. The van der Waals surface area contributed by atoms with Crippen molar-refractivity contribution in [2.75, 3.05) is 17.7 Å². The zero-order valence-corrected chi connectivity index (χ0v) is 10.7. The Morgan fingerprint density at radius 1 is 1.44 bits per heavy atom. The number of aromatic nitrogens is 1. The second-order valence-electron chi connectivity index (χ2n) is 3.78. The van der Waals surface area contributed by atoms with Crippen molar-refractivity contribution in [2.24, 2.45) is 5.92 Å². The van der Waals surface area contributed by atoms with E-state index in [1.54, 1.807) is 6.07 Å². The number of aliphatic hydroxyl groups is 1. The van der Waals surface area contributed by atoms with Gasteiger partial charge in [-0.15, -0.1) is 0 Å². The van der Waals surface area contributed by atoms with Gasteiger partial charge in [0.2, 0.25) is 0 Å². The highest BCUT2D eigenvalue weighted by Crippen LogP contribution is 2.28. The first-order valence-electron chi connectivity index (χ1n) is 4.94. The number of hydrogen-bond donors (Lipinski definition) is 3. The van der Waals surface area contributed by atoms with Crippen LogP contribution in [0.1, 0.15) is 13.8 Å². The number of nitrogens with zero attached hydrogens (tertiary/aromatic N) is 1. The van der Waals surface area contributed by atoms with Crippen LogP contribution >= 0.6 is 23.2 Å². The summed E-state index contributed by atoms with van der Waals surface area (Å²) >= 11 is 11.7. The van der Waals surface area contributed by atoms with Crippen molar-refractivity contribution in [3.8, 4) is 0 Å². The van der Waals surface area contributed by atoms with Crippen LogP contribution in [0.15, 0.2) is 6.07 Å². The third-order valence-corrected chi connectivity index (χ3v) is 3.05. The summed E-state index contributed by atoms with van der Waals surface area (Å²) in [4.78, 5) is 4.05. The average Bonchev–Trinajstić information content (AvgIpc) is 2.24. The summed E-state index contributed by atoms with van der Waals surface area (Å²) in [6.45, 7) is 3.95. The standard InChI is InChI=1S/C10H15Cl2N3O/c1-5(4-16)6(2)14-10-8(12)3-7(11)9(13)15-10/h3,5-6,16H,4H2,1-2H3,(H3,13,14,15). The molecule has 0 fully saturated rings. The molecule has 0 aliphatic carbocycles. The molecule has 2 atom stereocenters. The summed E-state index contributed by atoms with van der Waals surface area (Å²) in [6.07, 6.45) is 0. The zero-order valence-electron chi connectivity index (χ0n) is 9.17. The van der Waals surface area contributed by atoms with Crippen molar-refractivity contribution < 1.29 is 5.11 Å². The molecule has 0 saturated carbocycles. The molecule has 0 bridgehead atoms. The fourth-order valence-electron chi connectivity index (χ4n) is 1.10. The van der Waals surface area contributed by atoms with E-state index in [2.05, 4.69) is 10.3 Å². The van der Waals surface area contributed by atoms with Crippen LogP contribution < -0.4 is 11.1 Å². The molecule has 1 aromatic rings. The van der Waals surface area contributed by atoms with Gasteiger partial charge in [-0.25, -0.2) is 4.98 Å². The van der Waals surface area contributed by atoms with Gasteiger partial charge in [0.1, 0.15) is 11.6 Å². The van der Waals surface area contributed by atoms with E-state index in [0.29, 0.717) is 15.9 Å². The molecule has 0 amide bonds. The molecule has 1 rings (SSSR count). The molecule has 1 heterocycles. The van der Waals surface area contributed by atoms with E-state index < -0.39 is 0 Å². The van der Waals surface area contributed by atoms with E-state index in [9.17, 15) is 0 Å². The number of halogens is 2. The third-order valence-electron chi connectivity index (χ3n) is 2.46. The van der Waals surface area contributed by atoms with Gasteiger partial charge in [0.15, 0.2) is 0 Å². The molecule has 0 aliphatic rings. The van der Waals surface area contributed by atoms with Gasteiger partial charge < -0.3 is 16.2 Å². The lowest BCUT2D eigenvalue weighted by Crippen LogP contribution is -2.27. The highest BCUT2D eigenvalue weighted by Gasteiger charge is 2.14.